The summed E-state index contributed by atoms with van der Waals surface area (Å²) in [6.07, 6.45) is 0. The number of rotatable bonds is 5. The summed E-state index contributed by atoms with van der Waals surface area (Å²) in [5.74, 6) is -0.233. The Kier molecular flexibility index (Phi) is 5.39. The molecule has 0 unspecified atom stereocenters. The van der Waals surface area contributed by atoms with Crippen LogP contribution in [0.2, 0.25) is 4.34 Å². The fourth-order valence-electron chi connectivity index (χ4n) is 2.21. The van der Waals surface area contributed by atoms with Crippen molar-refractivity contribution in [2.24, 2.45) is 11.7 Å². The van der Waals surface area contributed by atoms with Gasteiger partial charge in [0.15, 0.2) is 0 Å². The third kappa shape index (κ3) is 4.06. The molecule has 0 spiro atoms. The minimum Gasteiger partial charge on any atom is -0.340 e. The van der Waals surface area contributed by atoms with Crippen LogP contribution in [0.5, 0.6) is 0 Å². The number of nitrogens with zero attached hydrogens (tertiary/aromatic N) is 1. The van der Waals surface area contributed by atoms with Gasteiger partial charge in [0, 0.05) is 18.0 Å². The average Bonchev–Trinajstić information content (AvgIpc) is 2.90. The third-order valence-corrected chi connectivity index (χ3v) is 4.73. The first-order valence-corrected chi connectivity index (χ1v) is 7.98. The zero-order valence-electron chi connectivity index (χ0n) is 12.1. The molecular weight excluding hydrogens is 304 g/mol. The van der Waals surface area contributed by atoms with Crippen LogP contribution in [0, 0.1) is 5.92 Å². The van der Waals surface area contributed by atoms with Crippen LogP contribution in [0.4, 0.5) is 0 Å². The molecule has 0 aliphatic carbocycles. The molecule has 0 fully saturated rings. The van der Waals surface area contributed by atoms with Crippen LogP contribution in [-0.2, 0) is 11.3 Å². The molecule has 2 rings (SSSR count). The second-order valence-corrected chi connectivity index (χ2v) is 6.92. The maximum Gasteiger partial charge on any atom is 0.227 e. The molecule has 0 saturated heterocycles. The highest BCUT2D eigenvalue weighted by molar-refractivity contribution is 7.16. The molecule has 2 N–H and O–H groups in total. The lowest BCUT2D eigenvalue weighted by atomic mass is 9.94. The molecule has 1 heterocycles. The highest BCUT2D eigenvalue weighted by Crippen LogP contribution is 2.24. The molecule has 0 aliphatic rings. The summed E-state index contributed by atoms with van der Waals surface area (Å²) in [4.78, 5) is 15.3. The fourth-order valence-corrected chi connectivity index (χ4v) is 3.35. The van der Waals surface area contributed by atoms with E-state index in [1.54, 1.807) is 11.9 Å². The summed E-state index contributed by atoms with van der Waals surface area (Å²) >= 11 is 7.40. The molecule has 21 heavy (non-hydrogen) atoms. The first kappa shape index (κ1) is 16.0. The Morgan fingerprint density at radius 2 is 1.95 bits per heavy atom. The first-order chi connectivity index (χ1) is 9.99. The van der Waals surface area contributed by atoms with Crippen LogP contribution in [-0.4, -0.2) is 17.9 Å². The van der Waals surface area contributed by atoms with Crippen molar-refractivity contribution < 1.29 is 4.79 Å². The van der Waals surface area contributed by atoms with Gasteiger partial charge in [0.25, 0.3) is 0 Å². The van der Waals surface area contributed by atoms with E-state index in [1.165, 1.54) is 11.3 Å². The second kappa shape index (κ2) is 7.07. The van der Waals surface area contributed by atoms with Gasteiger partial charge >= 0.3 is 0 Å². The van der Waals surface area contributed by atoms with E-state index in [0.717, 1.165) is 14.8 Å². The Bertz CT molecular complexity index is 599. The van der Waals surface area contributed by atoms with Gasteiger partial charge in [-0.3, -0.25) is 4.79 Å². The van der Waals surface area contributed by atoms with Gasteiger partial charge in [-0.15, -0.1) is 11.3 Å². The number of carbonyl (C=O) groups excluding carboxylic acids is 1. The topological polar surface area (TPSA) is 46.3 Å². The second-order valence-electron chi connectivity index (χ2n) is 5.13. The van der Waals surface area contributed by atoms with Crippen molar-refractivity contribution in [1.82, 2.24) is 4.90 Å². The third-order valence-electron chi connectivity index (χ3n) is 3.51. The molecule has 1 aromatic carbocycles. The fraction of sp³-hybridized carbons (Fsp3) is 0.312. The number of hydrogen-bond acceptors (Lipinski definition) is 3. The molecule has 112 valence electrons. The van der Waals surface area contributed by atoms with E-state index in [-0.39, 0.29) is 17.9 Å². The average molecular weight is 323 g/mol. The van der Waals surface area contributed by atoms with Crippen molar-refractivity contribution >= 4 is 28.8 Å². The van der Waals surface area contributed by atoms with Gasteiger partial charge in [-0.05, 0) is 17.7 Å². The molecule has 2 aromatic rings. The molecular formula is C16H19ClN2OS. The van der Waals surface area contributed by atoms with Gasteiger partial charge in [-0.25, -0.2) is 0 Å². The summed E-state index contributed by atoms with van der Waals surface area (Å²) in [6, 6.07) is 13.2. The Morgan fingerprint density at radius 3 is 2.52 bits per heavy atom. The molecule has 0 bridgehead atoms. The van der Waals surface area contributed by atoms with Gasteiger partial charge < -0.3 is 10.6 Å². The maximum absolute atomic E-state index is 12.5. The lowest BCUT2D eigenvalue weighted by Gasteiger charge is -2.25. The van der Waals surface area contributed by atoms with E-state index in [2.05, 4.69) is 0 Å². The number of amides is 1. The van der Waals surface area contributed by atoms with Crippen molar-refractivity contribution in [2.45, 2.75) is 19.5 Å². The molecule has 1 aromatic heterocycles. The van der Waals surface area contributed by atoms with E-state index in [9.17, 15) is 4.79 Å². The summed E-state index contributed by atoms with van der Waals surface area (Å²) in [6.45, 7) is 2.43. The van der Waals surface area contributed by atoms with E-state index >= 15 is 0 Å². The number of benzene rings is 1. The molecule has 3 nitrogen and oxygen atoms in total. The van der Waals surface area contributed by atoms with Gasteiger partial charge in [0.2, 0.25) is 5.91 Å². The van der Waals surface area contributed by atoms with E-state index in [0.29, 0.717) is 6.54 Å². The van der Waals surface area contributed by atoms with Gasteiger partial charge in [-0.1, -0.05) is 48.9 Å². The Morgan fingerprint density at radius 1 is 1.29 bits per heavy atom. The smallest absolute Gasteiger partial charge is 0.227 e. The Balaban J connectivity index is 2.01. The molecule has 5 heteroatoms. The molecule has 0 aliphatic heterocycles. The lowest BCUT2D eigenvalue weighted by molar-refractivity contribution is -0.134. The monoisotopic (exact) mass is 322 g/mol. The molecule has 0 radical (unpaired) electrons. The highest BCUT2D eigenvalue weighted by Gasteiger charge is 2.25. The predicted molar refractivity (Wildman–Crippen MR) is 88.3 cm³/mol. The van der Waals surface area contributed by atoms with Crippen molar-refractivity contribution in [3.63, 3.8) is 0 Å². The molecule has 2 atom stereocenters. The maximum atomic E-state index is 12.5. The van der Waals surface area contributed by atoms with Gasteiger partial charge in [-0.2, -0.15) is 0 Å². The van der Waals surface area contributed by atoms with Crippen LogP contribution in [0.1, 0.15) is 23.4 Å². The Labute approximate surface area is 134 Å². The van der Waals surface area contributed by atoms with E-state index in [4.69, 9.17) is 17.3 Å². The van der Waals surface area contributed by atoms with Crippen LogP contribution >= 0.6 is 22.9 Å². The highest BCUT2D eigenvalue weighted by atomic mass is 35.5. The van der Waals surface area contributed by atoms with Crippen molar-refractivity contribution in [1.29, 1.82) is 0 Å². The number of carbonyl (C=O) groups is 1. The first-order valence-electron chi connectivity index (χ1n) is 6.78. The lowest BCUT2D eigenvalue weighted by Crippen LogP contribution is -2.36. The van der Waals surface area contributed by atoms with Crippen LogP contribution in [0.15, 0.2) is 42.5 Å². The van der Waals surface area contributed by atoms with Crippen LogP contribution in [0.25, 0.3) is 0 Å². The number of hydrogen-bond donors (Lipinski definition) is 1. The zero-order valence-corrected chi connectivity index (χ0v) is 13.7. The molecule has 0 saturated carbocycles. The largest absolute Gasteiger partial charge is 0.340 e. The number of nitrogens with two attached hydrogens (primary N) is 1. The van der Waals surface area contributed by atoms with Crippen LogP contribution in [0.3, 0.4) is 0 Å². The quantitative estimate of drug-likeness (QED) is 0.912. The summed E-state index contributed by atoms with van der Waals surface area (Å²) in [7, 11) is 1.80. The predicted octanol–water partition coefficient (Wildman–Crippen LogP) is 3.70. The SMILES string of the molecule is C[C@H](C(=O)N(C)Cc1ccc(Cl)s1)[C@@H](N)c1ccccc1. The summed E-state index contributed by atoms with van der Waals surface area (Å²) in [5.41, 5.74) is 7.19. The minimum atomic E-state index is -0.298. The van der Waals surface area contributed by atoms with Crippen molar-refractivity contribution in [2.75, 3.05) is 7.05 Å². The van der Waals surface area contributed by atoms with Gasteiger partial charge in [0.1, 0.15) is 0 Å². The van der Waals surface area contributed by atoms with Gasteiger partial charge in [0.05, 0.1) is 16.8 Å². The number of thiophene rings is 1. The van der Waals surface area contributed by atoms with Crippen molar-refractivity contribution in [3.05, 3.63) is 57.2 Å². The minimum absolute atomic E-state index is 0.0378. The zero-order chi connectivity index (χ0) is 15.4. The van der Waals surface area contributed by atoms with Crippen LogP contribution < -0.4 is 5.73 Å². The van der Waals surface area contributed by atoms with E-state index in [1.807, 2.05) is 49.4 Å². The summed E-state index contributed by atoms with van der Waals surface area (Å²) in [5, 5.41) is 0. The number of halogens is 1. The van der Waals surface area contributed by atoms with E-state index < -0.39 is 0 Å². The standard InChI is InChI=1S/C16H19ClN2OS/c1-11(15(18)12-6-4-3-5-7-12)16(20)19(2)10-13-8-9-14(17)21-13/h3-9,11,15H,10,18H2,1-2H3/t11-,15+/m0/s1. The Hall–Kier alpha value is -1.36. The summed E-state index contributed by atoms with van der Waals surface area (Å²) < 4.78 is 0.736. The normalized spacial score (nSPS) is 13.7. The van der Waals surface area contributed by atoms with Crippen molar-refractivity contribution in [3.8, 4) is 0 Å². The molecule has 1 amide bonds.